The van der Waals surface area contributed by atoms with Crippen molar-refractivity contribution >= 4 is 23.8 Å². The molecule has 6 bridgehead atoms. The molecular formula is C28H33N5O2S. The number of anilines is 1. The van der Waals surface area contributed by atoms with Gasteiger partial charge in [0.25, 0.3) is 5.91 Å². The minimum atomic E-state index is -0.196. The van der Waals surface area contributed by atoms with E-state index >= 15 is 0 Å². The first-order chi connectivity index (χ1) is 17.5. The number of benzene rings is 2. The van der Waals surface area contributed by atoms with E-state index in [1.807, 2.05) is 35.2 Å². The van der Waals surface area contributed by atoms with Gasteiger partial charge in [0, 0.05) is 41.7 Å². The quantitative estimate of drug-likeness (QED) is 0.491. The number of rotatable bonds is 4. The van der Waals surface area contributed by atoms with E-state index in [-0.39, 0.29) is 12.0 Å². The van der Waals surface area contributed by atoms with Crippen molar-refractivity contribution in [2.75, 3.05) is 37.4 Å². The van der Waals surface area contributed by atoms with Gasteiger partial charge in [-0.15, -0.1) is 0 Å². The summed E-state index contributed by atoms with van der Waals surface area (Å²) in [5, 5.41) is 0. The summed E-state index contributed by atoms with van der Waals surface area (Å²) in [4.78, 5) is 28.3. The number of nitrogens with zero attached hydrogens (tertiary/aromatic N) is 4. The molecule has 1 saturated heterocycles. The molecule has 3 heterocycles. The lowest BCUT2D eigenvalue weighted by molar-refractivity contribution is 0.0690. The first-order valence-corrected chi connectivity index (χ1v) is 13.5. The molecule has 1 N–H and O–H groups in total. The summed E-state index contributed by atoms with van der Waals surface area (Å²) in [5.41, 5.74) is 4.91. The molecule has 2 aliphatic rings. The van der Waals surface area contributed by atoms with E-state index < -0.39 is 0 Å². The van der Waals surface area contributed by atoms with Crippen LogP contribution >= 0.6 is 11.9 Å². The van der Waals surface area contributed by atoms with Crippen LogP contribution in [-0.2, 0) is 0 Å². The second-order valence-corrected chi connectivity index (χ2v) is 10.4. The van der Waals surface area contributed by atoms with Gasteiger partial charge >= 0.3 is 0 Å². The van der Waals surface area contributed by atoms with Crippen molar-refractivity contribution in [1.82, 2.24) is 19.8 Å². The maximum Gasteiger partial charge on any atom is 0.254 e. The largest absolute Gasteiger partial charge is 0.471 e. The van der Waals surface area contributed by atoms with Gasteiger partial charge in [-0.3, -0.25) is 14.4 Å². The zero-order valence-electron chi connectivity index (χ0n) is 21.2. The molecule has 2 aromatic carbocycles. The van der Waals surface area contributed by atoms with Crippen LogP contribution in [0.4, 0.5) is 5.95 Å². The van der Waals surface area contributed by atoms with Crippen LogP contribution in [0, 0.1) is 13.8 Å². The van der Waals surface area contributed by atoms with Crippen molar-refractivity contribution in [3.63, 3.8) is 0 Å². The van der Waals surface area contributed by atoms with Crippen LogP contribution in [0.1, 0.15) is 41.3 Å². The number of hydrogen-bond acceptors (Lipinski definition) is 7. The van der Waals surface area contributed by atoms with Gasteiger partial charge in [-0.2, -0.15) is 4.98 Å². The molecule has 0 unspecified atom stereocenters. The van der Waals surface area contributed by atoms with Gasteiger partial charge in [0.05, 0.1) is 12.2 Å². The third kappa shape index (κ3) is 5.50. The highest BCUT2D eigenvalue weighted by molar-refractivity contribution is 8.00. The maximum absolute atomic E-state index is 13.5. The van der Waals surface area contributed by atoms with Crippen molar-refractivity contribution in [1.29, 1.82) is 0 Å². The van der Waals surface area contributed by atoms with Gasteiger partial charge in [-0.1, -0.05) is 37.6 Å². The standard InChI is InChI=1S/C28H33N5O2S/c1-4-5-12-32-13-14-33-18-22(17-32)35-25-16-24(26-19(2)8-6-9-20(26)3)29-28(30-25)31-36-23-11-7-10-21(15-23)27(33)34/h6-11,15-16,22H,4-5,12-14,17-18H2,1-3H3,(H,29,30,31)/t22-/m1/s1. The fraction of sp³-hybridized carbons (Fsp3) is 0.393. The molecule has 1 amide bonds. The van der Waals surface area contributed by atoms with Crippen molar-refractivity contribution in [2.24, 2.45) is 0 Å². The number of unbranched alkanes of at least 4 members (excludes halogenated alkanes) is 1. The van der Waals surface area contributed by atoms with E-state index in [1.165, 1.54) is 11.9 Å². The van der Waals surface area contributed by atoms with Crippen molar-refractivity contribution < 1.29 is 9.53 Å². The number of aromatic nitrogens is 2. The summed E-state index contributed by atoms with van der Waals surface area (Å²) in [7, 11) is 0. The summed E-state index contributed by atoms with van der Waals surface area (Å²) in [6, 6.07) is 15.9. The molecule has 1 aromatic heterocycles. The molecule has 3 aromatic rings. The molecule has 1 fully saturated rings. The lowest BCUT2D eigenvalue weighted by Gasteiger charge is -2.25. The molecule has 0 radical (unpaired) electrons. The average Bonchev–Trinajstić information content (AvgIpc) is 3.07. The summed E-state index contributed by atoms with van der Waals surface area (Å²) < 4.78 is 9.83. The third-order valence-corrected chi connectivity index (χ3v) is 7.53. The topological polar surface area (TPSA) is 70.6 Å². The highest BCUT2D eigenvalue weighted by Crippen LogP contribution is 2.31. The van der Waals surface area contributed by atoms with Gasteiger partial charge < -0.3 is 9.64 Å². The summed E-state index contributed by atoms with van der Waals surface area (Å²) in [6.45, 7) is 10.2. The van der Waals surface area contributed by atoms with Crippen LogP contribution in [0.3, 0.4) is 0 Å². The molecule has 5 rings (SSSR count). The Morgan fingerprint density at radius 2 is 1.86 bits per heavy atom. The Kier molecular flexibility index (Phi) is 7.43. The monoisotopic (exact) mass is 503 g/mol. The fourth-order valence-corrected chi connectivity index (χ4v) is 5.54. The predicted octanol–water partition coefficient (Wildman–Crippen LogP) is 5.20. The van der Waals surface area contributed by atoms with E-state index in [0.717, 1.165) is 59.8 Å². The Morgan fingerprint density at radius 1 is 1.06 bits per heavy atom. The van der Waals surface area contributed by atoms with Gasteiger partial charge in [-0.05, 0) is 68.1 Å². The molecular weight excluding hydrogens is 470 g/mol. The summed E-state index contributed by atoms with van der Waals surface area (Å²) in [6.07, 6.45) is 2.06. The van der Waals surface area contributed by atoms with Crippen LogP contribution in [0.25, 0.3) is 11.3 Å². The lowest BCUT2D eigenvalue weighted by Crippen LogP contribution is -2.40. The molecule has 7 nitrogen and oxygen atoms in total. The third-order valence-electron chi connectivity index (χ3n) is 6.76. The fourth-order valence-electron chi connectivity index (χ4n) is 4.91. The van der Waals surface area contributed by atoms with E-state index in [0.29, 0.717) is 30.5 Å². The molecule has 0 aliphatic carbocycles. The predicted molar refractivity (Wildman–Crippen MR) is 145 cm³/mol. The van der Waals surface area contributed by atoms with Gasteiger partial charge in [0.2, 0.25) is 11.8 Å². The molecule has 0 spiro atoms. The van der Waals surface area contributed by atoms with Gasteiger partial charge in [-0.25, -0.2) is 4.98 Å². The maximum atomic E-state index is 13.5. The molecule has 2 aliphatic heterocycles. The Bertz CT molecular complexity index is 1230. The average molecular weight is 504 g/mol. The number of ether oxygens (including phenoxy) is 1. The lowest BCUT2D eigenvalue weighted by atomic mass is 10.00. The molecule has 36 heavy (non-hydrogen) atoms. The van der Waals surface area contributed by atoms with Crippen molar-refractivity contribution in [3.05, 3.63) is 65.2 Å². The van der Waals surface area contributed by atoms with Gasteiger partial charge in [0.15, 0.2) is 0 Å². The normalized spacial score (nSPS) is 18.2. The number of aryl methyl sites for hydroxylation is 2. The van der Waals surface area contributed by atoms with Gasteiger partial charge in [0.1, 0.15) is 6.10 Å². The van der Waals surface area contributed by atoms with Crippen LogP contribution < -0.4 is 9.46 Å². The highest BCUT2D eigenvalue weighted by Gasteiger charge is 2.28. The zero-order valence-corrected chi connectivity index (χ0v) is 22.0. The first-order valence-electron chi connectivity index (χ1n) is 12.7. The van der Waals surface area contributed by atoms with E-state index in [9.17, 15) is 4.79 Å². The van der Waals surface area contributed by atoms with Crippen molar-refractivity contribution in [3.8, 4) is 17.1 Å². The van der Waals surface area contributed by atoms with E-state index in [4.69, 9.17) is 14.7 Å². The second-order valence-electron chi connectivity index (χ2n) is 9.56. The SMILES string of the molecule is CCCCN1CCN2C[C@@H](C1)Oc1cc(-c3c(C)cccc3C)nc(n1)NSc1cccc(c1)C2=O. The van der Waals surface area contributed by atoms with Crippen molar-refractivity contribution in [2.45, 2.75) is 44.6 Å². The number of carbonyl (C=O) groups is 1. The number of carbonyl (C=O) groups excluding carboxylic acids is 1. The smallest absolute Gasteiger partial charge is 0.254 e. The first kappa shape index (κ1) is 24.6. The minimum absolute atomic E-state index is 0.0386. The van der Waals surface area contributed by atoms with Crippen LogP contribution in [0.2, 0.25) is 0 Å². The van der Waals surface area contributed by atoms with E-state index in [2.05, 4.69) is 48.6 Å². The number of hydrogen-bond donors (Lipinski definition) is 1. The molecule has 0 saturated carbocycles. The molecule has 8 heteroatoms. The van der Waals surface area contributed by atoms with E-state index in [1.54, 1.807) is 0 Å². The Balaban J connectivity index is 1.57. The second kappa shape index (κ2) is 10.9. The molecule has 188 valence electrons. The zero-order chi connectivity index (χ0) is 25.1. The summed E-state index contributed by atoms with van der Waals surface area (Å²) >= 11 is 1.40. The van der Waals surface area contributed by atoms with Crippen LogP contribution in [-0.4, -0.2) is 64.5 Å². The number of fused-ring (bicyclic) bond motifs is 6. The number of nitrogens with one attached hydrogen (secondary N) is 1. The Hall–Kier alpha value is -3.10. The number of amides is 1. The highest BCUT2D eigenvalue weighted by atomic mass is 32.2. The molecule has 1 atom stereocenters. The van der Waals surface area contributed by atoms with Crippen LogP contribution in [0.15, 0.2) is 53.4 Å². The summed E-state index contributed by atoms with van der Waals surface area (Å²) in [5.74, 6) is 1.04. The minimum Gasteiger partial charge on any atom is -0.471 e. The Labute approximate surface area is 217 Å². The van der Waals surface area contributed by atoms with Crippen LogP contribution in [0.5, 0.6) is 5.88 Å². The Morgan fingerprint density at radius 3 is 2.67 bits per heavy atom.